The third-order valence-corrected chi connectivity index (χ3v) is 6.99. The highest BCUT2D eigenvalue weighted by Crippen LogP contribution is 2.35. The molecule has 2 aromatic heterocycles. The van der Waals surface area contributed by atoms with E-state index in [1.165, 1.54) is 0 Å². The number of benzene rings is 1. The largest absolute Gasteiger partial charge is 0.477 e. The predicted molar refractivity (Wildman–Crippen MR) is 104 cm³/mol. The molecule has 0 fully saturated rings. The summed E-state index contributed by atoms with van der Waals surface area (Å²) in [5.41, 5.74) is 0.961. The molecule has 0 saturated heterocycles. The molecule has 1 aliphatic rings. The van der Waals surface area contributed by atoms with Gasteiger partial charge in [0.2, 0.25) is 0 Å². The van der Waals surface area contributed by atoms with Crippen LogP contribution in [0.3, 0.4) is 0 Å². The number of rotatable bonds is 3. The maximum absolute atomic E-state index is 13.4. The molecule has 5 nitrogen and oxygen atoms in total. The molecule has 0 spiro atoms. The van der Waals surface area contributed by atoms with Gasteiger partial charge in [0.1, 0.15) is 10.4 Å². The highest BCUT2D eigenvalue weighted by molar-refractivity contribution is 8.00. The van der Waals surface area contributed by atoms with E-state index in [4.69, 9.17) is 0 Å². The van der Waals surface area contributed by atoms with E-state index >= 15 is 0 Å². The number of aromatic nitrogens is 3. The Labute approximate surface area is 160 Å². The van der Waals surface area contributed by atoms with Gasteiger partial charge in [-0.15, -0.1) is 11.3 Å². The predicted octanol–water partition coefficient (Wildman–Crippen LogP) is 3.15. The second kappa shape index (κ2) is 6.89. The summed E-state index contributed by atoms with van der Waals surface area (Å²) in [5, 5.41) is 10.7. The zero-order valence-corrected chi connectivity index (χ0v) is 16.3. The standard InChI is InChI=1S/C19H19N3O2S2/c1-21-15-10-6-9-13(14-11-20-19(25-2)26-14)22(15)18(24)16(17(21)23)12-7-4-3-5-8-12/h3-5,7-8,11,13H,6,9-10H2,1-2H3/p+1. The monoisotopic (exact) mass is 386 g/mol. The molecule has 3 heterocycles. The summed E-state index contributed by atoms with van der Waals surface area (Å²) >= 11 is 3.26. The van der Waals surface area contributed by atoms with Gasteiger partial charge in [0.25, 0.3) is 11.7 Å². The summed E-state index contributed by atoms with van der Waals surface area (Å²) in [4.78, 5) is 19.0. The minimum absolute atomic E-state index is 0.0288. The average Bonchev–Trinajstić information content (AvgIpc) is 3.16. The first kappa shape index (κ1) is 17.3. The molecule has 1 atom stereocenters. The van der Waals surface area contributed by atoms with E-state index < -0.39 is 0 Å². The van der Waals surface area contributed by atoms with Gasteiger partial charge in [-0.1, -0.05) is 42.1 Å². The Hall–Kier alpha value is -2.12. The number of nitrogens with zero attached hydrogens (tertiary/aromatic N) is 3. The van der Waals surface area contributed by atoms with Crippen molar-refractivity contribution in [2.75, 3.05) is 6.26 Å². The van der Waals surface area contributed by atoms with Crippen LogP contribution >= 0.6 is 23.1 Å². The SMILES string of the molecule is CSc1ncc(C2CCCc3n2c(=O)c(-c2ccccc2)c(O)[n+]3C)s1. The number of aromatic hydroxyl groups is 1. The quantitative estimate of drug-likeness (QED) is 0.555. The van der Waals surface area contributed by atoms with E-state index in [2.05, 4.69) is 4.98 Å². The Morgan fingerprint density at radius 2 is 2.12 bits per heavy atom. The van der Waals surface area contributed by atoms with Crippen LogP contribution in [0.2, 0.25) is 0 Å². The molecule has 3 aromatic rings. The third kappa shape index (κ3) is 2.75. The summed E-state index contributed by atoms with van der Waals surface area (Å²) in [5.74, 6) is 0.893. The van der Waals surface area contributed by atoms with Crippen molar-refractivity contribution in [3.8, 4) is 17.0 Å². The van der Waals surface area contributed by atoms with Gasteiger partial charge in [-0.3, -0.25) is 0 Å². The van der Waals surface area contributed by atoms with Crippen LogP contribution in [0.4, 0.5) is 0 Å². The number of fused-ring (bicyclic) bond motifs is 1. The lowest BCUT2D eigenvalue weighted by Crippen LogP contribution is -2.47. The van der Waals surface area contributed by atoms with Crippen molar-refractivity contribution in [1.29, 1.82) is 0 Å². The zero-order chi connectivity index (χ0) is 18.3. The van der Waals surface area contributed by atoms with Gasteiger partial charge in [-0.2, -0.15) is 4.57 Å². The summed E-state index contributed by atoms with van der Waals surface area (Å²) in [6.07, 6.45) is 6.56. The van der Waals surface area contributed by atoms with Crippen molar-refractivity contribution < 1.29 is 9.67 Å². The van der Waals surface area contributed by atoms with Gasteiger partial charge < -0.3 is 5.11 Å². The van der Waals surface area contributed by atoms with Gasteiger partial charge in [-0.05, 0) is 24.7 Å². The van der Waals surface area contributed by atoms with E-state index in [0.717, 1.165) is 39.9 Å². The fourth-order valence-corrected chi connectivity index (χ4v) is 5.17. The molecule has 0 saturated carbocycles. The van der Waals surface area contributed by atoms with Crippen molar-refractivity contribution in [1.82, 2.24) is 9.55 Å². The van der Waals surface area contributed by atoms with Crippen LogP contribution in [0.5, 0.6) is 5.88 Å². The van der Waals surface area contributed by atoms with Crippen LogP contribution < -0.4 is 10.1 Å². The van der Waals surface area contributed by atoms with Crippen molar-refractivity contribution in [2.24, 2.45) is 7.05 Å². The van der Waals surface area contributed by atoms with Crippen LogP contribution in [0.25, 0.3) is 11.1 Å². The van der Waals surface area contributed by atoms with Crippen LogP contribution in [0, 0.1) is 0 Å². The third-order valence-electron chi connectivity index (χ3n) is 4.90. The molecular weight excluding hydrogens is 366 g/mol. The Bertz CT molecular complexity index is 1010. The molecule has 0 bridgehead atoms. The van der Waals surface area contributed by atoms with Gasteiger partial charge in [0.05, 0.1) is 11.9 Å². The summed E-state index contributed by atoms with van der Waals surface area (Å²) in [7, 11) is 1.83. The first-order valence-electron chi connectivity index (χ1n) is 8.53. The normalized spacial score (nSPS) is 16.5. The lowest BCUT2D eigenvalue weighted by molar-refractivity contribution is -0.690. The van der Waals surface area contributed by atoms with Gasteiger partial charge in [0, 0.05) is 12.6 Å². The van der Waals surface area contributed by atoms with E-state index in [1.54, 1.807) is 27.7 Å². The highest BCUT2D eigenvalue weighted by atomic mass is 32.2. The van der Waals surface area contributed by atoms with Crippen molar-refractivity contribution >= 4 is 23.1 Å². The smallest absolute Gasteiger partial charge is 0.349 e. The van der Waals surface area contributed by atoms with Gasteiger partial charge in [0.15, 0.2) is 5.56 Å². The molecule has 134 valence electrons. The molecule has 1 N–H and O–H groups in total. The topological polar surface area (TPSA) is 59.0 Å². The summed E-state index contributed by atoms with van der Waals surface area (Å²) in [6, 6.07) is 9.35. The number of hydrogen-bond donors (Lipinski definition) is 1. The Morgan fingerprint density at radius 1 is 1.35 bits per heavy atom. The average molecular weight is 387 g/mol. The summed E-state index contributed by atoms with van der Waals surface area (Å²) in [6.45, 7) is 0. The molecule has 26 heavy (non-hydrogen) atoms. The Balaban J connectivity index is 1.96. The number of thiazole rings is 1. The number of hydrogen-bond acceptors (Lipinski definition) is 5. The van der Waals surface area contributed by atoms with Crippen LogP contribution in [-0.2, 0) is 13.5 Å². The van der Waals surface area contributed by atoms with E-state index in [-0.39, 0.29) is 17.5 Å². The lowest BCUT2D eigenvalue weighted by atomic mass is 10.0. The van der Waals surface area contributed by atoms with Crippen molar-refractivity contribution in [3.63, 3.8) is 0 Å². The highest BCUT2D eigenvalue weighted by Gasteiger charge is 2.36. The zero-order valence-electron chi connectivity index (χ0n) is 14.7. The minimum atomic E-state index is -0.134. The fourth-order valence-electron chi connectivity index (χ4n) is 3.62. The fraction of sp³-hybridized carbons (Fsp3) is 0.316. The lowest BCUT2D eigenvalue weighted by Gasteiger charge is -2.23. The second-order valence-electron chi connectivity index (χ2n) is 6.36. The molecule has 1 unspecified atom stereocenters. The molecule has 0 aliphatic carbocycles. The minimum Gasteiger partial charge on any atom is -0.477 e. The first-order chi connectivity index (χ1) is 12.6. The van der Waals surface area contributed by atoms with Gasteiger partial charge in [-0.25, -0.2) is 14.3 Å². The molecular formula is C19H20N3O2S2+. The van der Waals surface area contributed by atoms with Crippen LogP contribution in [-0.4, -0.2) is 20.9 Å². The molecule has 1 aromatic carbocycles. The maximum Gasteiger partial charge on any atom is 0.349 e. The molecule has 0 amide bonds. The Morgan fingerprint density at radius 3 is 2.81 bits per heavy atom. The van der Waals surface area contributed by atoms with Crippen LogP contribution in [0.1, 0.15) is 29.6 Å². The molecule has 7 heteroatoms. The second-order valence-corrected chi connectivity index (χ2v) is 8.47. The number of thioether (sulfide) groups is 1. The van der Waals surface area contributed by atoms with E-state index in [1.807, 2.05) is 54.4 Å². The molecule has 0 radical (unpaired) electrons. The van der Waals surface area contributed by atoms with E-state index in [0.29, 0.717) is 5.56 Å². The van der Waals surface area contributed by atoms with Crippen molar-refractivity contribution in [2.45, 2.75) is 29.6 Å². The van der Waals surface area contributed by atoms with E-state index in [9.17, 15) is 9.90 Å². The molecule has 4 rings (SSSR count). The molecule has 1 aliphatic heterocycles. The first-order valence-corrected chi connectivity index (χ1v) is 10.6. The van der Waals surface area contributed by atoms with Gasteiger partial charge >= 0.3 is 5.56 Å². The maximum atomic E-state index is 13.4. The van der Waals surface area contributed by atoms with Crippen molar-refractivity contribution in [3.05, 3.63) is 57.6 Å². The summed E-state index contributed by atoms with van der Waals surface area (Å²) < 4.78 is 4.63. The Kier molecular flexibility index (Phi) is 4.58. The van der Waals surface area contributed by atoms with Crippen LogP contribution in [0.15, 0.2) is 45.7 Å².